The van der Waals surface area contributed by atoms with Crippen LogP contribution in [0.3, 0.4) is 0 Å². The Labute approximate surface area is 198 Å². The molecule has 1 fully saturated rings. The summed E-state index contributed by atoms with van der Waals surface area (Å²) in [7, 11) is 4.77. The Morgan fingerprint density at radius 2 is 1.85 bits per heavy atom. The molecule has 0 spiro atoms. The molecule has 0 unspecified atom stereocenters. The molecule has 0 radical (unpaired) electrons. The van der Waals surface area contributed by atoms with Gasteiger partial charge in [0, 0.05) is 24.2 Å². The maximum atomic E-state index is 9.76. The zero-order valence-electron chi connectivity index (χ0n) is 19.7. The van der Waals surface area contributed by atoms with Gasteiger partial charge in [-0.05, 0) is 32.1 Å². The second kappa shape index (κ2) is 9.38. The Hall–Kier alpha value is -3.53. The summed E-state index contributed by atoms with van der Waals surface area (Å²) in [6.45, 7) is 0.974. The molecule has 2 N–H and O–H groups in total. The Balaban J connectivity index is 1.45. The fourth-order valence-corrected chi connectivity index (χ4v) is 4.81. The maximum Gasteiger partial charge on any atom is 0.227 e. The van der Waals surface area contributed by atoms with Crippen molar-refractivity contribution in [1.29, 1.82) is 0 Å². The number of ether oxygens (including phenoxy) is 3. The first-order chi connectivity index (χ1) is 16.6. The summed E-state index contributed by atoms with van der Waals surface area (Å²) in [5.41, 5.74) is 3.05. The van der Waals surface area contributed by atoms with Gasteiger partial charge in [0.05, 0.1) is 51.6 Å². The molecule has 3 heterocycles. The monoisotopic (exact) mass is 466 g/mol. The third kappa shape index (κ3) is 3.98. The molecule has 180 valence electrons. The minimum atomic E-state index is 0.0755. The molecular formula is C24H30N6O4. The average molecular weight is 467 g/mol. The highest BCUT2D eigenvalue weighted by Crippen LogP contribution is 2.39. The quantitative estimate of drug-likeness (QED) is 0.518. The van der Waals surface area contributed by atoms with Crippen molar-refractivity contribution in [3.05, 3.63) is 35.9 Å². The van der Waals surface area contributed by atoms with Crippen LogP contribution in [0.5, 0.6) is 17.2 Å². The van der Waals surface area contributed by atoms with Gasteiger partial charge in [-0.15, -0.1) is 0 Å². The lowest BCUT2D eigenvalue weighted by molar-refractivity contribution is 0.265. The van der Waals surface area contributed by atoms with Crippen molar-refractivity contribution >= 4 is 17.6 Å². The first-order valence-corrected chi connectivity index (χ1v) is 11.5. The van der Waals surface area contributed by atoms with Crippen molar-refractivity contribution in [3.63, 3.8) is 0 Å². The number of aromatic nitrogens is 4. The van der Waals surface area contributed by atoms with E-state index >= 15 is 0 Å². The first-order valence-electron chi connectivity index (χ1n) is 11.5. The van der Waals surface area contributed by atoms with Crippen molar-refractivity contribution in [2.75, 3.05) is 44.7 Å². The van der Waals surface area contributed by atoms with Crippen LogP contribution < -0.4 is 24.4 Å². The highest BCUT2D eigenvalue weighted by atomic mass is 16.5. The van der Waals surface area contributed by atoms with Crippen molar-refractivity contribution in [2.24, 2.45) is 0 Å². The fourth-order valence-electron chi connectivity index (χ4n) is 4.81. The van der Waals surface area contributed by atoms with E-state index < -0.39 is 0 Å². The summed E-state index contributed by atoms with van der Waals surface area (Å²) in [5, 5.41) is 13.2. The first kappa shape index (κ1) is 22.3. The predicted octanol–water partition coefficient (Wildman–Crippen LogP) is 2.88. The summed E-state index contributed by atoms with van der Waals surface area (Å²) in [4.78, 5) is 16.4. The molecule has 1 atom stereocenters. The second-order valence-corrected chi connectivity index (χ2v) is 8.50. The zero-order valence-corrected chi connectivity index (χ0v) is 19.7. The van der Waals surface area contributed by atoms with Gasteiger partial charge >= 0.3 is 0 Å². The molecule has 1 saturated heterocycles. The number of hydrogen-bond donors (Lipinski definition) is 2. The maximum absolute atomic E-state index is 9.76. The van der Waals surface area contributed by atoms with E-state index in [-0.39, 0.29) is 12.6 Å². The molecule has 2 aromatic heterocycles. The van der Waals surface area contributed by atoms with Crippen LogP contribution in [0.1, 0.15) is 30.5 Å². The molecule has 0 amide bonds. The highest BCUT2D eigenvalue weighted by molar-refractivity contribution is 5.62. The van der Waals surface area contributed by atoms with Gasteiger partial charge in [-0.3, -0.25) is 0 Å². The lowest BCUT2D eigenvalue weighted by atomic mass is 10.2. The molecule has 5 rings (SSSR count). The van der Waals surface area contributed by atoms with Crippen LogP contribution in [-0.4, -0.2) is 65.1 Å². The van der Waals surface area contributed by atoms with Gasteiger partial charge in [-0.1, -0.05) is 0 Å². The molecule has 0 saturated carbocycles. The summed E-state index contributed by atoms with van der Waals surface area (Å²) in [6.07, 6.45) is 8.56. The van der Waals surface area contributed by atoms with E-state index in [0.29, 0.717) is 29.0 Å². The topological polar surface area (TPSA) is 107 Å². The number of nitrogens with one attached hydrogen (secondary N) is 1. The smallest absolute Gasteiger partial charge is 0.227 e. The van der Waals surface area contributed by atoms with E-state index in [1.165, 1.54) is 0 Å². The minimum Gasteiger partial charge on any atom is -0.493 e. The number of aliphatic hydroxyl groups is 1. The van der Waals surface area contributed by atoms with E-state index in [9.17, 15) is 5.11 Å². The molecule has 1 aliphatic carbocycles. The van der Waals surface area contributed by atoms with Crippen molar-refractivity contribution in [1.82, 2.24) is 19.5 Å². The molecular weight excluding hydrogens is 436 g/mol. The fraction of sp³-hybridized carbons (Fsp3) is 0.458. The van der Waals surface area contributed by atoms with Gasteiger partial charge in [0.15, 0.2) is 11.5 Å². The van der Waals surface area contributed by atoms with Crippen molar-refractivity contribution in [2.45, 2.75) is 38.1 Å². The molecule has 3 aromatic rings. The number of rotatable bonds is 8. The van der Waals surface area contributed by atoms with Crippen molar-refractivity contribution in [3.8, 4) is 22.9 Å². The number of methoxy groups -OCH3 is 3. The lowest BCUT2D eigenvalue weighted by Crippen LogP contribution is -2.33. The SMILES string of the molecule is COc1cc(-n2cnc(Nc3nc(N4CCC[C@@H]4CO)nc4c3CCC4)c2)cc(OC)c1OC. The molecule has 2 aliphatic rings. The molecule has 1 aromatic carbocycles. The number of imidazole rings is 1. The van der Waals surface area contributed by atoms with Gasteiger partial charge < -0.3 is 34.1 Å². The number of fused-ring (bicyclic) bond motifs is 1. The average Bonchev–Trinajstić information content (AvgIpc) is 3.63. The van der Waals surface area contributed by atoms with Gasteiger partial charge in [-0.25, -0.2) is 9.97 Å². The van der Waals surface area contributed by atoms with E-state index in [1.807, 2.05) is 22.9 Å². The van der Waals surface area contributed by atoms with Crippen LogP contribution in [0.2, 0.25) is 0 Å². The predicted molar refractivity (Wildman–Crippen MR) is 128 cm³/mol. The van der Waals surface area contributed by atoms with Gasteiger partial charge in [0.2, 0.25) is 11.7 Å². The van der Waals surface area contributed by atoms with E-state index in [4.69, 9.17) is 24.2 Å². The summed E-state index contributed by atoms with van der Waals surface area (Å²) < 4.78 is 18.3. The second-order valence-electron chi connectivity index (χ2n) is 8.50. The number of aliphatic hydroxyl groups excluding tert-OH is 1. The van der Waals surface area contributed by atoms with E-state index in [0.717, 1.165) is 61.4 Å². The van der Waals surface area contributed by atoms with Crippen LogP contribution in [0, 0.1) is 0 Å². The van der Waals surface area contributed by atoms with E-state index in [2.05, 4.69) is 15.2 Å². The molecule has 0 bridgehead atoms. The number of anilines is 3. The van der Waals surface area contributed by atoms with Crippen LogP contribution >= 0.6 is 0 Å². The number of benzene rings is 1. The number of hydrogen-bond acceptors (Lipinski definition) is 9. The number of nitrogens with zero attached hydrogens (tertiary/aromatic N) is 5. The Kier molecular flexibility index (Phi) is 6.14. The molecule has 10 heteroatoms. The van der Waals surface area contributed by atoms with Crippen LogP contribution in [-0.2, 0) is 12.8 Å². The van der Waals surface area contributed by atoms with Crippen molar-refractivity contribution < 1.29 is 19.3 Å². The van der Waals surface area contributed by atoms with Gasteiger partial charge in [0.1, 0.15) is 18.0 Å². The van der Waals surface area contributed by atoms with Crippen LogP contribution in [0.15, 0.2) is 24.7 Å². The normalized spacial score (nSPS) is 17.1. The zero-order chi connectivity index (χ0) is 23.7. The van der Waals surface area contributed by atoms with Gasteiger partial charge in [-0.2, -0.15) is 4.98 Å². The Morgan fingerprint density at radius 3 is 2.56 bits per heavy atom. The summed E-state index contributed by atoms with van der Waals surface area (Å²) in [5.74, 6) is 3.83. The minimum absolute atomic E-state index is 0.0755. The largest absolute Gasteiger partial charge is 0.493 e. The molecule has 1 aliphatic heterocycles. The highest BCUT2D eigenvalue weighted by Gasteiger charge is 2.29. The van der Waals surface area contributed by atoms with Gasteiger partial charge in [0.25, 0.3) is 0 Å². The molecule has 34 heavy (non-hydrogen) atoms. The standard InChI is InChI=1S/C24H30N6O4/c1-32-19-10-16(11-20(33-2)22(19)34-3)29-12-21(25-14-29)27-23-17-7-4-8-18(17)26-24(28-23)30-9-5-6-15(30)13-31/h10-12,14-15,31H,4-9,13H2,1-3H3,(H,26,27,28)/t15-/m1/s1. The third-order valence-corrected chi connectivity index (χ3v) is 6.54. The summed E-state index contributed by atoms with van der Waals surface area (Å²) >= 11 is 0. The lowest BCUT2D eigenvalue weighted by Gasteiger charge is -2.24. The Bertz CT molecular complexity index is 1160. The summed E-state index contributed by atoms with van der Waals surface area (Å²) in [6, 6.07) is 3.82. The molecule has 10 nitrogen and oxygen atoms in total. The third-order valence-electron chi connectivity index (χ3n) is 6.54. The number of aryl methyl sites for hydroxylation is 1. The van der Waals surface area contributed by atoms with Crippen LogP contribution in [0.25, 0.3) is 5.69 Å². The Morgan fingerprint density at radius 1 is 1.06 bits per heavy atom. The van der Waals surface area contributed by atoms with E-state index in [1.54, 1.807) is 27.7 Å². The van der Waals surface area contributed by atoms with Crippen LogP contribution in [0.4, 0.5) is 17.6 Å².